The first kappa shape index (κ1) is 18.3. The van der Waals surface area contributed by atoms with Gasteiger partial charge in [-0.15, -0.1) is 11.3 Å². The van der Waals surface area contributed by atoms with E-state index in [0.29, 0.717) is 5.69 Å². The third kappa shape index (κ3) is 4.56. The number of ether oxygens (including phenoxy) is 1. The van der Waals surface area contributed by atoms with Crippen molar-refractivity contribution in [1.82, 2.24) is 4.98 Å². The molecule has 0 unspecified atom stereocenters. The number of nitrogens with one attached hydrogen (secondary N) is 1. The fraction of sp³-hybridized carbons (Fsp3) is 0.105. The topological polar surface area (TPSA) is 68.3 Å². The maximum atomic E-state index is 12.1. The molecule has 0 aliphatic heterocycles. The van der Waals surface area contributed by atoms with Crippen LogP contribution in [-0.4, -0.2) is 23.5 Å². The number of anilines is 1. The van der Waals surface area contributed by atoms with Crippen molar-refractivity contribution in [2.24, 2.45) is 0 Å². The number of thiazole rings is 1. The molecule has 3 aromatic rings. The standard InChI is InChI=1S/C19H15BrN2O3S/c1-12-6-8-13(9-7-12)18-22-16(11-26-18)19(24)25-10-17(23)21-15-5-3-2-4-14(15)20/h2-9,11H,10H2,1H3,(H,21,23). The van der Waals surface area contributed by atoms with Gasteiger partial charge in [-0.1, -0.05) is 42.0 Å². The smallest absolute Gasteiger partial charge is 0.358 e. The largest absolute Gasteiger partial charge is 0.451 e. The molecule has 0 aliphatic carbocycles. The van der Waals surface area contributed by atoms with Crippen LogP contribution in [0.1, 0.15) is 16.1 Å². The number of amides is 1. The van der Waals surface area contributed by atoms with Gasteiger partial charge in [0.25, 0.3) is 5.91 Å². The number of aryl methyl sites for hydroxylation is 1. The molecule has 1 heterocycles. The molecule has 0 fully saturated rings. The van der Waals surface area contributed by atoms with Crippen molar-refractivity contribution >= 4 is 44.8 Å². The fourth-order valence-corrected chi connectivity index (χ4v) is 3.33. The second-order valence-electron chi connectivity index (χ2n) is 5.51. The first-order valence-corrected chi connectivity index (χ1v) is 9.44. The zero-order valence-corrected chi connectivity index (χ0v) is 16.3. The summed E-state index contributed by atoms with van der Waals surface area (Å²) in [4.78, 5) is 28.3. The molecule has 5 nitrogen and oxygen atoms in total. The minimum atomic E-state index is -0.623. The van der Waals surface area contributed by atoms with Crippen LogP contribution < -0.4 is 5.32 Å². The van der Waals surface area contributed by atoms with Crippen LogP contribution in [0.2, 0.25) is 0 Å². The van der Waals surface area contributed by atoms with Crippen LogP contribution in [0.3, 0.4) is 0 Å². The first-order valence-electron chi connectivity index (χ1n) is 7.77. The lowest BCUT2D eigenvalue weighted by Crippen LogP contribution is -2.21. The normalized spacial score (nSPS) is 10.4. The van der Waals surface area contributed by atoms with Gasteiger partial charge in [0, 0.05) is 15.4 Å². The van der Waals surface area contributed by atoms with Gasteiger partial charge in [0.15, 0.2) is 12.3 Å². The van der Waals surface area contributed by atoms with E-state index >= 15 is 0 Å². The third-order valence-electron chi connectivity index (χ3n) is 3.49. The molecular formula is C19H15BrN2O3S. The lowest BCUT2D eigenvalue weighted by Gasteiger charge is -2.07. The van der Waals surface area contributed by atoms with E-state index in [2.05, 4.69) is 26.2 Å². The summed E-state index contributed by atoms with van der Waals surface area (Å²) in [7, 11) is 0. The first-order chi connectivity index (χ1) is 12.5. The quantitative estimate of drug-likeness (QED) is 0.596. The van der Waals surface area contributed by atoms with Crippen LogP contribution in [0.15, 0.2) is 58.4 Å². The highest BCUT2D eigenvalue weighted by molar-refractivity contribution is 9.10. The van der Waals surface area contributed by atoms with E-state index in [1.807, 2.05) is 43.3 Å². The van der Waals surface area contributed by atoms with Crippen LogP contribution in [0, 0.1) is 6.92 Å². The second kappa shape index (κ2) is 8.25. The number of aromatic nitrogens is 1. The minimum Gasteiger partial charge on any atom is -0.451 e. The van der Waals surface area contributed by atoms with Crippen molar-refractivity contribution in [3.05, 3.63) is 69.6 Å². The molecule has 0 atom stereocenters. The van der Waals surface area contributed by atoms with E-state index in [1.165, 1.54) is 11.3 Å². The van der Waals surface area contributed by atoms with Gasteiger partial charge < -0.3 is 10.1 Å². The lowest BCUT2D eigenvalue weighted by molar-refractivity contribution is -0.119. The molecule has 2 aromatic carbocycles. The van der Waals surface area contributed by atoms with E-state index in [-0.39, 0.29) is 12.3 Å². The van der Waals surface area contributed by atoms with Gasteiger partial charge in [0.05, 0.1) is 5.69 Å². The van der Waals surface area contributed by atoms with Crippen molar-refractivity contribution in [2.75, 3.05) is 11.9 Å². The summed E-state index contributed by atoms with van der Waals surface area (Å²) in [5.41, 5.74) is 2.90. The highest BCUT2D eigenvalue weighted by Crippen LogP contribution is 2.24. The van der Waals surface area contributed by atoms with Gasteiger partial charge >= 0.3 is 5.97 Å². The van der Waals surface area contributed by atoms with E-state index in [9.17, 15) is 9.59 Å². The summed E-state index contributed by atoms with van der Waals surface area (Å²) in [6.45, 7) is 1.63. The summed E-state index contributed by atoms with van der Waals surface area (Å²) in [6.07, 6.45) is 0. The number of nitrogens with zero attached hydrogens (tertiary/aromatic N) is 1. The molecule has 0 saturated heterocycles. The molecule has 3 rings (SSSR count). The molecule has 1 N–H and O–H groups in total. The zero-order valence-electron chi connectivity index (χ0n) is 13.9. The third-order valence-corrected chi connectivity index (χ3v) is 5.08. The van der Waals surface area contributed by atoms with E-state index in [0.717, 1.165) is 20.6 Å². The number of para-hydroxylation sites is 1. The average molecular weight is 431 g/mol. The molecule has 0 bridgehead atoms. The summed E-state index contributed by atoms with van der Waals surface area (Å²) in [5.74, 6) is -1.04. The maximum absolute atomic E-state index is 12.1. The summed E-state index contributed by atoms with van der Waals surface area (Å²) in [6, 6.07) is 15.1. The molecule has 7 heteroatoms. The number of hydrogen-bond donors (Lipinski definition) is 1. The van der Waals surface area contributed by atoms with Gasteiger partial charge in [0.1, 0.15) is 5.01 Å². The molecule has 0 radical (unpaired) electrons. The average Bonchev–Trinajstić information content (AvgIpc) is 3.12. The van der Waals surface area contributed by atoms with E-state index < -0.39 is 11.9 Å². The summed E-state index contributed by atoms with van der Waals surface area (Å²) < 4.78 is 5.80. The van der Waals surface area contributed by atoms with Crippen molar-refractivity contribution in [1.29, 1.82) is 0 Å². The van der Waals surface area contributed by atoms with Gasteiger partial charge in [-0.25, -0.2) is 9.78 Å². The number of benzene rings is 2. The molecule has 0 aliphatic rings. The second-order valence-corrected chi connectivity index (χ2v) is 7.22. The van der Waals surface area contributed by atoms with E-state index in [1.54, 1.807) is 17.5 Å². The maximum Gasteiger partial charge on any atom is 0.358 e. The van der Waals surface area contributed by atoms with Crippen molar-refractivity contribution in [3.63, 3.8) is 0 Å². The summed E-state index contributed by atoms with van der Waals surface area (Å²) in [5, 5.41) is 5.03. The molecule has 26 heavy (non-hydrogen) atoms. The van der Waals surface area contributed by atoms with Crippen molar-refractivity contribution in [3.8, 4) is 10.6 Å². The van der Waals surface area contributed by atoms with Crippen LogP contribution >= 0.6 is 27.3 Å². The van der Waals surface area contributed by atoms with Gasteiger partial charge in [-0.05, 0) is 35.0 Å². The molecule has 1 amide bonds. The van der Waals surface area contributed by atoms with Crippen molar-refractivity contribution < 1.29 is 14.3 Å². The Morgan fingerprint density at radius 2 is 1.88 bits per heavy atom. The number of halogens is 1. The lowest BCUT2D eigenvalue weighted by atomic mass is 10.2. The number of esters is 1. The van der Waals surface area contributed by atoms with Crippen molar-refractivity contribution in [2.45, 2.75) is 6.92 Å². The van der Waals surface area contributed by atoms with Gasteiger partial charge in [0.2, 0.25) is 0 Å². The molecule has 1 aromatic heterocycles. The predicted molar refractivity (Wildman–Crippen MR) is 105 cm³/mol. The Hall–Kier alpha value is -2.51. The van der Waals surface area contributed by atoms with Crippen LogP contribution in [-0.2, 0) is 9.53 Å². The highest BCUT2D eigenvalue weighted by Gasteiger charge is 2.15. The molecule has 132 valence electrons. The Bertz CT molecular complexity index is 938. The Kier molecular flexibility index (Phi) is 5.80. The Morgan fingerprint density at radius 1 is 1.15 bits per heavy atom. The van der Waals surface area contributed by atoms with Crippen LogP contribution in [0.4, 0.5) is 5.69 Å². The predicted octanol–water partition coefficient (Wildman–Crippen LogP) is 4.68. The molecule has 0 spiro atoms. The monoisotopic (exact) mass is 430 g/mol. The van der Waals surface area contributed by atoms with Crippen LogP contribution in [0.25, 0.3) is 10.6 Å². The number of carbonyl (C=O) groups excluding carboxylic acids is 2. The molecular weight excluding hydrogens is 416 g/mol. The Labute approximate surface area is 163 Å². The number of carbonyl (C=O) groups is 2. The Morgan fingerprint density at radius 3 is 2.62 bits per heavy atom. The van der Waals surface area contributed by atoms with Gasteiger partial charge in [-0.3, -0.25) is 4.79 Å². The SMILES string of the molecule is Cc1ccc(-c2nc(C(=O)OCC(=O)Nc3ccccc3Br)cs2)cc1. The fourth-order valence-electron chi connectivity index (χ4n) is 2.15. The molecule has 0 saturated carbocycles. The number of rotatable bonds is 5. The number of hydrogen-bond acceptors (Lipinski definition) is 5. The van der Waals surface area contributed by atoms with Gasteiger partial charge in [-0.2, -0.15) is 0 Å². The Balaban J connectivity index is 1.58. The minimum absolute atomic E-state index is 0.194. The highest BCUT2D eigenvalue weighted by atomic mass is 79.9. The zero-order chi connectivity index (χ0) is 18.5. The van der Waals surface area contributed by atoms with E-state index in [4.69, 9.17) is 4.74 Å². The summed E-state index contributed by atoms with van der Waals surface area (Å²) >= 11 is 4.70. The van der Waals surface area contributed by atoms with Crippen LogP contribution in [0.5, 0.6) is 0 Å².